The van der Waals surface area contributed by atoms with Gasteiger partial charge < -0.3 is 29.7 Å². The first-order valence-corrected chi connectivity index (χ1v) is 15.8. The van der Waals surface area contributed by atoms with E-state index in [2.05, 4.69) is 27.5 Å². The summed E-state index contributed by atoms with van der Waals surface area (Å²) in [5, 5.41) is 6.65. The highest BCUT2D eigenvalue weighted by Crippen LogP contribution is 2.34. The Balaban J connectivity index is 1.71. The molecule has 10 nitrogen and oxygen atoms in total. The van der Waals surface area contributed by atoms with Crippen LogP contribution in [0.4, 0.5) is 21.6 Å². The lowest BCUT2D eigenvalue weighted by Crippen LogP contribution is -2.27. The van der Waals surface area contributed by atoms with Crippen LogP contribution in [-0.2, 0) is 19.1 Å². The van der Waals surface area contributed by atoms with Gasteiger partial charge in [-0.05, 0) is 78.4 Å². The number of ether oxygens (including phenoxy) is 3. The second-order valence-corrected chi connectivity index (χ2v) is 12.5. The highest BCUT2D eigenvalue weighted by atomic mass is 35.5. The third-order valence-corrected chi connectivity index (χ3v) is 6.78. The lowest BCUT2D eigenvalue weighted by atomic mass is 10.1. The minimum absolute atomic E-state index is 0.0224. The molecule has 0 saturated carbocycles. The van der Waals surface area contributed by atoms with Crippen molar-refractivity contribution in [1.82, 2.24) is 14.9 Å². The Bertz CT molecular complexity index is 1490. The van der Waals surface area contributed by atoms with Crippen molar-refractivity contribution >= 4 is 51.6 Å². The maximum atomic E-state index is 13.7. The summed E-state index contributed by atoms with van der Waals surface area (Å²) in [5.41, 5.74) is 1.03. The second kappa shape index (κ2) is 17.8. The fourth-order valence-electron chi connectivity index (χ4n) is 4.43. The zero-order valence-corrected chi connectivity index (χ0v) is 28.2. The number of anilines is 3. The molecule has 0 aliphatic rings. The standard InChI is InChI=1S/C34H45ClFN5O5/c1-7-11-24(19-32(43)46-34(2,3)4)44-16-8-9-17-45-30-21-28-25(20-29(30)40-31(42)12-10-15-41(5)6)33(38-22-37-28)39-23-13-14-27(36)26(35)18-23/h10,12-14,18,20-22,24H,7-9,11,15-17,19H2,1-6H3,(H,40,42)(H,37,38,39)/b12-10+. The van der Waals surface area contributed by atoms with Gasteiger partial charge in [-0.25, -0.2) is 14.4 Å². The van der Waals surface area contributed by atoms with Gasteiger partial charge in [0.1, 0.15) is 29.3 Å². The second-order valence-electron chi connectivity index (χ2n) is 12.1. The van der Waals surface area contributed by atoms with E-state index >= 15 is 0 Å². The first kappa shape index (κ1) is 36.7. The van der Waals surface area contributed by atoms with Gasteiger partial charge in [-0.15, -0.1) is 0 Å². The van der Waals surface area contributed by atoms with Gasteiger partial charge in [-0.1, -0.05) is 31.0 Å². The third kappa shape index (κ3) is 12.5. The third-order valence-electron chi connectivity index (χ3n) is 6.49. The van der Waals surface area contributed by atoms with E-state index in [0.717, 1.165) is 12.8 Å². The Hall–Kier alpha value is -3.80. The normalized spacial score (nSPS) is 12.5. The number of halogens is 2. The van der Waals surface area contributed by atoms with Gasteiger partial charge in [-0.2, -0.15) is 0 Å². The molecule has 3 aromatic rings. The van der Waals surface area contributed by atoms with Crippen LogP contribution in [0.25, 0.3) is 10.9 Å². The topological polar surface area (TPSA) is 115 Å². The molecular formula is C34H45ClFN5O5. The number of unbranched alkanes of at least 4 members (excludes halogenated alkanes) is 1. The van der Waals surface area contributed by atoms with Crippen molar-refractivity contribution in [3.63, 3.8) is 0 Å². The summed E-state index contributed by atoms with van der Waals surface area (Å²) in [6.07, 6.45) is 7.73. The predicted molar refractivity (Wildman–Crippen MR) is 180 cm³/mol. The Morgan fingerprint density at radius 3 is 2.57 bits per heavy atom. The number of benzene rings is 2. The molecule has 1 unspecified atom stereocenters. The van der Waals surface area contributed by atoms with Crippen LogP contribution in [0.2, 0.25) is 5.02 Å². The molecule has 46 heavy (non-hydrogen) atoms. The summed E-state index contributed by atoms with van der Waals surface area (Å²) in [7, 11) is 3.83. The number of aromatic nitrogens is 2. The van der Waals surface area contributed by atoms with E-state index in [4.69, 9.17) is 25.8 Å². The van der Waals surface area contributed by atoms with Crippen LogP contribution in [0.5, 0.6) is 5.75 Å². The van der Waals surface area contributed by atoms with Gasteiger partial charge in [0.15, 0.2) is 0 Å². The van der Waals surface area contributed by atoms with Gasteiger partial charge in [-0.3, -0.25) is 9.59 Å². The van der Waals surface area contributed by atoms with Crippen LogP contribution in [0, 0.1) is 5.82 Å². The average molecular weight is 658 g/mol. The van der Waals surface area contributed by atoms with E-state index in [0.29, 0.717) is 66.4 Å². The molecule has 0 radical (unpaired) electrons. The number of nitrogens with zero attached hydrogens (tertiary/aromatic N) is 3. The fourth-order valence-corrected chi connectivity index (χ4v) is 4.61. The number of hydrogen-bond donors (Lipinski definition) is 2. The minimum Gasteiger partial charge on any atom is -0.491 e. The van der Waals surface area contributed by atoms with Crippen LogP contribution >= 0.6 is 11.6 Å². The molecule has 1 amide bonds. The zero-order valence-electron chi connectivity index (χ0n) is 27.5. The molecule has 250 valence electrons. The molecule has 3 rings (SSSR count). The van der Waals surface area contributed by atoms with Gasteiger partial charge in [0.2, 0.25) is 5.91 Å². The van der Waals surface area contributed by atoms with Crippen LogP contribution in [0.15, 0.2) is 48.8 Å². The van der Waals surface area contributed by atoms with E-state index in [1.807, 2.05) is 39.8 Å². The molecule has 2 aromatic carbocycles. The average Bonchev–Trinajstić information content (AvgIpc) is 2.96. The quantitative estimate of drug-likeness (QED) is 0.0877. The monoisotopic (exact) mass is 657 g/mol. The molecule has 0 fully saturated rings. The Morgan fingerprint density at radius 1 is 1.11 bits per heavy atom. The largest absolute Gasteiger partial charge is 0.491 e. The van der Waals surface area contributed by atoms with Crippen molar-refractivity contribution in [2.45, 2.75) is 71.5 Å². The Labute approximate surface area is 275 Å². The van der Waals surface area contributed by atoms with Crippen molar-refractivity contribution in [2.75, 3.05) is 44.5 Å². The summed E-state index contributed by atoms with van der Waals surface area (Å²) in [4.78, 5) is 35.8. The Morgan fingerprint density at radius 2 is 1.87 bits per heavy atom. The van der Waals surface area contributed by atoms with E-state index < -0.39 is 11.4 Å². The number of likely N-dealkylation sites (N-methyl/N-ethyl adjacent to an activating group) is 1. The molecule has 0 saturated heterocycles. The first-order valence-electron chi connectivity index (χ1n) is 15.4. The smallest absolute Gasteiger partial charge is 0.308 e. The van der Waals surface area contributed by atoms with Gasteiger partial charge in [0, 0.05) is 36.4 Å². The SMILES string of the molecule is CCCC(CC(=O)OC(C)(C)C)OCCCCOc1cc2ncnc(Nc3ccc(F)c(Cl)c3)c2cc1NC(=O)/C=C/CN(C)C. The highest BCUT2D eigenvalue weighted by molar-refractivity contribution is 6.31. The molecule has 2 N–H and O–H groups in total. The molecule has 1 aromatic heterocycles. The maximum Gasteiger partial charge on any atom is 0.308 e. The van der Waals surface area contributed by atoms with Crippen molar-refractivity contribution in [3.05, 3.63) is 59.7 Å². The summed E-state index contributed by atoms with van der Waals surface area (Å²) in [6, 6.07) is 7.77. The molecular weight excluding hydrogens is 613 g/mol. The number of rotatable bonds is 17. The lowest BCUT2D eigenvalue weighted by Gasteiger charge is -2.22. The highest BCUT2D eigenvalue weighted by Gasteiger charge is 2.21. The number of fused-ring (bicyclic) bond motifs is 1. The van der Waals surface area contributed by atoms with Crippen molar-refractivity contribution < 1.29 is 28.2 Å². The number of carbonyl (C=O) groups is 2. The minimum atomic E-state index is -0.532. The first-order chi connectivity index (χ1) is 21.8. The van der Waals surface area contributed by atoms with E-state index in [-0.39, 0.29) is 29.4 Å². The number of carbonyl (C=O) groups excluding carboxylic acids is 2. The molecule has 1 heterocycles. The molecule has 0 bridgehead atoms. The van der Waals surface area contributed by atoms with E-state index in [9.17, 15) is 14.0 Å². The zero-order chi connectivity index (χ0) is 33.7. The number of hydrogen-bond acceptors (Lipinski definition) is 9. The van der Waals surface area contributed by atoms with Crippen LogP contribution in [0.1, 0.15) is 59.8 Å². The van der Waals surface area contributed by atoms with Gasteiger partial charge in [0.25, 0.3) is 0 Å². The summed E-state index contributed by atoms with van der Waals surface area (Å²) >= 11 is 5.97. The van der Waals surface area contributed by atoms with Gasteiger partial charge >= 0.3 is 5.97 Å². The maximum absolute atomic E-state index is 13.7. The summed E-state index contributed by atoms with van der Waals surface area (Å²) in [6.45, 7) is 9.05. The Kier molecular flexibility index (Phi) is 14.2. The van der Waals surface area contributed by atoms with E-state index in [1.165, 1.54) is 24.5 Å². The molecule has 0 aliphatic carbocycles. The molecule has 0 aliphatic heterocycles. The fraction of sp³-hybridized carbons (Fsp3) is 0.471. The number of nitrogens with one attached hydrogen (secondary N) is 2. The molecule has 12 heteroatoms. The van der Waals surface area contributed by atoms with Gasteiger partial charge in [0.05, 0.1) is 35.4 Å². The summed E-state index contributed by atoms with van der Waals surface area (Å²) < 4.78 is 31.3. The number of esters is 1. The van der Waals surface area contributed by atoms with Crippen molar-refractivity contribution in [1.29, 1.82) is 0 Å². The van der Waals surface area contributed by atoms with Crippen LogP contribution < -0.4 is 15.4 Å². The van der Waals surface area contributed by atoms with E-state index in [1.54, 1.807) is 24.3 Å². The molecule has 1 atom stereocenters. The van der Waals surface area contributed by atoms with Crippen LogP contribution in [-0.4, -0.2) is 72.3 Å². The van der Waals surface area contributed by atoms with Crippen molar-refractivity contribution in [2.24, 2.45) is 0 Å². The van der Waals surface area contributed by atoms with Crippen molar-refractivity contribution in [3.8, 4) is 5.75 Å². The summed E-state index contributed by atoms with van der Waals surface area (Å²) in [5.74, 6) is -0.209. The van der Waals surface area contributed by atoms with Crippen LogP contribution in [0.3, 0.4) is 0 Å². The lowest BCUT2D eigenvalue weighted by molar-refractivity contribution is -0.158. The number of amides is 1. The predicted octanol–water partition coefficient (Wildman–Crippen LogP) is 7.30. The molecule has 0 spiro atoms.